The molecule has 55 heavy (non-hydrogen) atoms. The number of aromatic nitrogens is 1. The van der Waals surface area contributed by atoms with E-state index in [1.54, 1.807) is 12.3 Å². The number of imide groups is 1. The van der Waals surface area contributed by atoms with Crippen molar-refractivity contribution in [2.75, 3.05) is 25.0 Å². The summed E-state index contributed by atoms with van der Waals surface area (Å²) in [5, 5.41) is 31.4. The Kier molecular flexibility index (Phi) is 14.1. The van der Waals surface area contributed by atoms with Gasteiger partial charge in [0.25, 0.3) is 5.91 Å². The normalized spacial score (nSPS) is 17.5. The van der Waals surface area contributed by atoms with E-state index in [1.807, 2.05) is 37.3 Å². The van der Waals surface area contributed by atoms with Crippen LogP contribution in [0.25, 0.3) is 0 Å². The maximum absolute atomic E-state index is 14.4. The minimum Gasteiger partial charge on any atom is -0.411 e. The summed E-state index contributed by atoms with van der Waals surface area (Å²) >= 11 is 1.16. The lowest BCUT2D eigenvalue weighted by molar-refractivity contribution is -0.129. The Morgan fingerprint density at radius 2 is 1.80 bits per heavy atom. The number of benzene rings is 2. The third kappa shape index (κ3) is 10.5. The number of nitrogens with zero attached hydrogens (tertiary/aromatic N) is 5. The number of amides is 5. The number of oxime groups is 1. The average Bonchev–Trinajstić information content (AvgIpc) is 3.90. The van der Waals surface area contributed by atoms with Crippen LogP contribution < -0.4 is 10.6 Å². The smallest absolute Gasteiger partial charge is 0.328 e. The molecule has 2 aliphatic rings. The molecule has 5 amide bonds. The van der Waals surface area contributed by atoms with Crippen molar-refractivity contribution in [3.63, 3.8) is 0 Å². The van der Waals surface area contributed by atoms with Gasteiger partial charge in [-0.25, -0.2) is 18.2 Å². The molecule has 5 rings (SSSR count). The van der Waals surface area contributed by atoms with Gasteiger partial charge >= 0.3 is 6.03 Å². The van der Waals surface area contributed by atoms with Gasteiger partial charge in [0.05, 0.1) is 35.5 Å². The summed E-state index contributed by atoms with van der Waals surface area (Å²) < 4.78 is 29.6. The molecule has 2 aromatic carbocycles. The number of urea groups is 1. The molecule has 0 spiro atoms. The van der Waals surface area contributed by atoms with E-state index < -0.39 is 52.0 Å². The van der Waals surface area contributed by atoms with E-state index in [4.69, 9.17) is 5.21 Å². The highest BCUT2D eigenvalue weighted by Gasteiger charge is 2.45. The number of sulfonamides is 1. The third-order valence-corrected chi connectivity index (χ3v) is 12.8. The summed E-state index contributed by atoms with van der Waals surface area (Å²) in [6.07, 6.45) is 4.15. The Bertz CT molecular complexity index is 1930. The van der Waals surface area contributed by atoms with E-state index in [9.17, 15) is 32.7 Å². The van der Waals surface area contributed by atoms with Gasteiger partial charge in [-0.15, -0.1) is 11.3 Å². The van der Waals surface area contributed by atoms with Gasteiger partial charge in [-0.3, -0.25) is 19.3 Å². The molecule has 1 aromatic heterocycles. The van der Waals surface area contributed by atoms with Crippen molar-refractivity contribution in [3.8, 4) is 0 Å². The predicted octanol–water partition coefficient (Wildman–Crippen LogP) is 4.06. The van der Waals surface area contributed by atoms with E-state index in [-0.39, 0.29) is 49.3 Å². The van der Waals surface area contributed by atoms with Crippen LogP contribution in [-0.4, -0.2) is 106 Å². The molecular formula is C38H49N7O8S2. The van der Waals surface area contributed by atoms with Crippen molar-refractivity contribution in [3.05, 3.63) is 76.8 Å². The highest BCUT2D eigenvalue weighted by Crippen LogP contribution is 2.29. The van der Waals surface area contributed by atoms with Crippen molar-refractivity contribution in [2.45, 2.75) is 88.9 Å². The number of hydrogen-bond donors (Lipinski definition) is 4. The van der Waals surface area contributed by atoms with Gasteiger partial charge in [-0.05, 0) is 54.4 Å². The fraction of sp³-hybridized carbons (Fsp3) is 0.474. The second-order valence-corrected chi connectivity index (χ2v) is 17.0. The molecule has 1 saturated carbocycles. The molecule has 3 aromatic rings. The van der Waals surface area contributed by atoms with E-state index in [2.05, 4.69) is 20.8 Å². The first-order valence-electron chi connectivity index (χ1n) is 18.4. The molecule has 4 N–H and O–H groups in total. The van der Waals surface area contributed by atoms with Crippen LogP contribution in [0, 0.1) is 11.8 Å². The van der Waals surface area contributed by atoms with E-state index in [0.29, 0.717) is 22.8 Å². The molecule has 15 nitrogen and oxygen atoms in total. The van der Waals surface area contributed by atoms with Crippen LogP contribution >= 0.6 is 11.3 Å². The SMILES string of the molecule is CC[C@H](C)[C@@H](C(=O)N[C@@H](Cc1ccccc1)[C@H](O)CN(CC1CCCC1)S(=O)(=O)c1ccc(/C=N/O)cc1)N1CC(=O)N(Cc2csc(NC(C)=O)n2)C1=O. The van der Waals surface area contributed by atoms with Crippen molar-refractivity contribution < 1.29 is 37.9 Å². The zero-order valence-corrected chi connectivity index (χ0v) is 32.8. The Balaban J connectivity index is 1.40. The number of anilines is 1. The van der Waals surface area contributed by atoms with Gasteiger partial charge < -0.3 is 25.8 Å². The maximum atomic E-state index is 14.4. The van der Waals surface area contributed by atoms with Crippen molar-refractivity contribution in [1.29, 1.82) is 0 Å². The van der Waals surface area contributed by atoms with Crippen LogP contribution in [0.3, 0.4) is 0 Å². The third-order valence-electron chi connectivity index (χ3n) is 10.2. The second-order valence-electron chi connectivity index (χ2n) is 14.2. The number of thiazole rings is 1. The van der Waals surface area contributed by atoms with Crippen LogP contribution in [0.2, 0.25) is 0 Å². The number of aliphatic hydroxyl groups is 1. The van der Waals surface area contributed by atoms with Gasteiger partial charge in [0, 0.05) is 25.4 Å². The van der Waals surface area contributed by atoms with Gasteiger partial charge in [-0.2, -0.15) is 4.31 Å². The molecule has 0 bridgehead atoms. The largest absolute Gasteiger partial charge is 0.411 e. The standard InChI is InChI=1S/C38H49N7O8S2/c1-4-25(2)35(45-23-34(48)44(38(45)50)21-30-24-54-37(41-30)40-26(3)46)36(49)42-32(18-27-10-6-5-7-11-27)33(47)22-43(20-29-12-8-9-13-29)55(52,53)31-16-14-28(15-17-31)19-39-51/h5-7,10-11,14-17,19,24-25,29,32-33,35,47,51H,4,8-9,12-13,18,20-23H2,1-3H3,(H,42,49)(H,40,41,46)/b39-19+/t25-,32-,33+,35-/m0/s1. The molecule has 4 atom stereocenters. The molecule has 296 valence electrons. The van der Waals surface area contributed by atoms with Gasteiger partial charge in [0.2, 0.25) is 21.8 Å². The number of nitrogens with one attached hydrogen (secondary N) is 2. The van der Waals surface area contributed by atoms with E-state index in [0.717, 1.165) is 47.5 Å². The van der Waals surface area contributed by atoms with Crippen LogP contribution in [0.5, 0.6) is 0 Å². The molecule has 1 saturated heterocycles. The van der Waals surface area contributed by atoms with Crippen LogP contribution in [0.1, 0.15) is 69.7 Å². The summed E-state index contributed by atoms with van der Waals surface area (Å²) in [6.45, 7) is 4.42. The topological polar surface area (TPSA) is 202 Å². The highest BCUT2D eigenvalue weighted by atomic mass is 32.2. The lowest BCUT2D eigenvalue weighted by Crippen LogP contribution is -2.57. The lowest BCUT2D eigenvalue weighted by Gasteiger charge is -2.34. The quantitative estimate of drug-likeness (QED) is 0.0634. The fourth-order valence-corrected chi connectivity index (χ4v) is 9.34. The van der Waals surface area contributed by atoms with Crippen LogP contribution in [0.4, 0.5) is 9.93 Å². The van der Waals surface area contributed by atoms with E-state index >= 15 is 0 Å². The first-order chi connectivity index (χ1) is 26.3. The predicted molar refractivity (Wildman–Crippen MR) is 207 cm³/mol. The Hall–Kier alpha value is -4.71. The van der Waals surface area contributed by atoms with Gasteiger partial charge in [-0.1, -0.05) is 80.7 Å². The molecular weight excluding hydrogens is 747 g/mol. The van der Waals surface area contributed by atoms with Crippen LogP contribution in [0.15, 0.2) is 70.0 Å². The number of aliphatic hydroxyl groups excluding tert-OH is 1. The van der Waals surface area contributed by atoms with E-state index in [1.165, 1.54) is 46.6 Å². The zero-order valence-electron chi connectivity index (χ0n) is 31.2. The maximum Gasteiger partial charge on any atom is 0.328 e. The number of carbonyl (C=O) groups is 4. The van der Waals surface area contributed by atoms with Gasteiger partial charge in [0.1, 0.15) is 12.6 Å². The number of hydrogen-bond acceptors (Lipinski definition) is 11. The zero-order chi connectivity index (χ0) is 39.7. The Morgan fingerprint density at radius 1 is 1.11 bits per heavy atom. The molecule has 1 aliphatic carbocycles. The highest BCUT2D eigenvalue weighted by molar-refractivity contribution is 7.89. The second kappa shape index (κ2) is 18.8. The monoisotopic (exact) mass is 795 g/mol. The molecule has 0 radical (unpaired) electrons. The van der Waals surface area contributed by atoms with Gasteiger partial charge in [0.15, 0.2) is 5.13 Å². The molecule has 1 aliphatic heterocycles. The Labute approximate surface area is 325 Å². The minimum atomic E-state index is -4.11. The molecule has 2 heterocycles. The molecule has 2 fully saturated rings. The van der Waals surface area contributed by atoms with Crippen molar-refractivity contribution in [2.24, 2.45) is 17.0 Å². The fourth-order valence-electron chi connectivity index (χ4n) is 7.06. The lowest BCUT2D eigenvalue weighted by atomic mass is 9.95. The number of rotatable bonds is 18. The number of carbonyl (C=O) groups excluding carboxylic acids is 4. The molecule has 0 unspecified atom stereocenters. The Morgan fingerprint density at radius 3 is 2.44 bits per heavy atom. The minimum absolute atomic E-state index is 0.0130. The summed E-state index contributed by atoms with van der Waals surface area (Å²) in [4.78, 5) is 59.4. The summed E-state index contributed by atoms with van der Waals surface area (Å²) in [6, 6.07) is 12.4. The summed E-state index contributed by atoms with van der Waals surface area (Å²) in [7, 11) is -4.11. The first kappa shape index (κ1) is 41.5. The van der Waals surface area contributed by atoms with Crippen molar-refractivity contribution >= 4 is 56.5 Å². The summed E-state index contributed by atoms with van der Waals surface area (Å²) in [5.41, 5.74) is 1.70. The molecule has 17 heteroatoms. The average molecular weight is 796 g/mol. The van der Waals surface area contributed by atoms with Crippen molar-refractivity contribution in [1.82, 2.24) is 24.4 Å². The summed E-state index contributed by atoms with van der Waals surface area (Å²) in [5.74, 6) is -1.68. The van der Waals surface area contributed by atoms with Crippen LogP contribution in [-0.2, 0) is 37.4 Å². The first-order valence-corrected chi connectivity index (χ1v) is 20.8.